The Hall–Kier alpha value is -1.92. The zero-order valence-electron chi connectivity index (χ0n) is 17.2. The molecule has 5 nitrogen and oxygen atoms in total. The first-order valence-electron chi connectivity index (χ1n) is 10.8. The van der Waals surface area contributed by atoms with Crippen LogP contribution in [0, 0.1) is 5.92 Å². The number of anilines is 1. The van der Waals surface area contributed by atoms with Gasteiger partial charge in [-0.05, 0) is 29.7 Å². The number of hydrogen-bond donors (Lipinski definition) is 0. The smallest absolute Gasteiger partial charge is 0.0741 e. The maximum Gasteiger partial charge on any atom is 0.0741 e. The molecule has 3 fully saturated rings. The number of fused-ring (bicyclic) bond motifs is 1. The van der Waals surface area contributed by atoms with Crippen LogP contribution in [0.15, 0.2) is 54.6 Å². The second-order valence-electron chi connectivity index (χ2n) is 8.53. The Bertz CT molecular complexity index is 809. The molecule has 29 heavy (non-hydrogen) atoms. The summed E-state index contributed by atoms with van der Waals surface area (Å²) in [4.78, 5) is 11.0. The lowest BCUT2D eigenvalue weighted by molar-refractivity contribution is -0.114. The van der Waals surface area contributed by atoms with Gasteiger partial charge in [0.2, 0.25) is 0 Å². The second-order valence-corrected chi connectivity index (χ2v) is 8.53. The number of hydrogen-bond acceptors (Lipinski definition) is 5. The zero-order valence-corrected chi connectivity index (χ0v) is 17.2. The number of nitrogens with zero attached hydrogens (tertiary/aromatic N) is 3. The molecule has 0 saturated carbocycles. The normalized spacial score (nSPS) is 28.4. The van der Waals surface area contributed by atoms with Crippen molar-refractivity contribution in [2.45, 2.75) is 25.0 Å². The summed E-state index contributed by atoms with van der Waals surface area (Å²) in [6.45, 7) is 6.50. The third-order valence-electron chi connectivity index (χ3n) is 6.74. The van der Waals surface area contributed by atoms with E-state index in [1.165, 1.54) is 16.8 Å². The molecular weight excluding hydrogens is 362 g/mol. The highest BCUT2D eigenvalue weighted by molar-refractivity contribution is 5.49. The van der Waals surface area contributed by atoms with Crippen molar-refractivity contribution in [3.05, 3.63) is 65.7 Å². The fraction of sp³-hybridized carbons (Fsp3) is 0.500. The molecule has 0 bridgehead atoms. The molecule has 2 aromatic rings. The van der Waals surface area contributed by atoms with Gasteiger partial charge in [0.15, 0.2) is 0 Å². The SMILES string of the molecule is CN1OC[C@@H]2CN(Cc3ccccc3)[C@H](c3cccc(N4CCOCC4)c3)C[C@@H]21. The first kappa shape index (κ1) is 19.1. The van der Waals surface area contributed by atoms with Crippen LogP contribution in [-0.4, -0.2) is 62.5 Å². The summed E-state index contributed by atoms with van der Waals surface area (Å²) < 4.78 is 5.54. The van der Waals surface area contributed by atoms with Crippen LogP contribution < -0.4 is 4.90 Å². The van der Waals surface area contributed by atoms with Gasteiger partial charge in [-0.15, -0.1) is 0 Å². The van der Waals surface area contributed by atoms with Gasteiger partial charge >= 0.3 is 0 Å². The lowest BCUT2D eigenvalue weighted by Gasteiger charge is -2.42. The summed E-state index contributed by atoms with van der Waals surface area (Å²) in [6.07, 6.45) is 1.11. The summed E-state index contributed by atoms with van der Waals surface area (Å²) >= 11 is 0. The number of likely N-dealkylation sites (tertiary alicyclic amines) is 1. The minimum absolute atomic E-state index is 0.404. The second kappa shape index (κ2) is 8.44. The van der Waals surface area contributed by atoms with Crippen molar-refractivity contribution in [2.75, 3.05) is 51.4 Å². The molecule has 3 atom stereocenters. The van der Waals surface area contributed by atoms with Crippen molar-refractivity contribution in [2.24, 2.45) is 5.92 Å². The predicted molar refractivity (Wildman–Crippen MR) is 115 cm³/mol. The molecular formula is C24H31N3O2. The number of benzene rings is 2. The quantitative estimate of drug-likeness (QED) is 0.795. The third-order valence-corrected chi connectivity index (χ3v) is 6.74. The molecule has 3 saturated heterocycles. The molecule has 3 heterocycles. The molecule has 0 amide bonds. The van der Waals surface area contributed by atoms with E-state index in [4.69, 9.17) is 9.57 Å². The molecule has 0 aliphatic carbocycles. The number of ether oxygens (including phenoxy) is 1. The van der Waals surface area contributed by atoms with Gasteiger partial charge in [0.05, 0.1) is 19.8 Å². The molecule has 0 aromatic heterocycles. The van der Waals surface area contributed by atoms with E-state index >= 15 is 0 Å². The number of hydroxylamine groups is 2. The minimum atomic E-state index is 0.404. The van der Waals surface area contributed by atoms with E-state index in [0.717, 1.165) is 52.4 Å². The van der Waals surface area contributed by atoms with Crippen molar-refractivity contribution in [1.82, 2.24) is 9.96 Å². The molecule has 0 radical (unpaired) electrons. The van der Waals surface area contributed by atoms with Crippen molar-refractivity contribution in [3.8, 4) is 0 Å². The monoisotopic (exact) mass is 393 g/mol. The fourth-order valence-electron chi connectivity index (χ4n) is 5.13. The highest BCUT2D eigenvalue weighted by atomic mass is 16.7. The van der Waals surface area contributed by atoms with Crippen LogP contribution in [-0.2, 0) is 16.1 Å². The molecule has 2 aromatic carbocycles. The minimum Gasteiger partial charge on any atom is -0.378 e. The Morgan fingerprint density at radius 2 is 1.83 bits per heavy atom. The standard InChI is InChI=1S/C24H31N3O2/c1-25-23-15-24(20-8-5-9-22(14-20)26-10-12-28-13-11-26)27(17-21(23)18-29-25)16-19-6-3-2-4-7-19/h2-9,14,21,23-24H,10-13,15-18H2,1H3/t21-,23-,24-/m0/s1. The largest absolute Gasteiger partial charge is 0.378 e. The van der Waals surface area contributed by atoms with E-state index in [0.29, 0.717) is 18.0 Å². The van der Waals surface area contributed by atoms with Crippen LogP contribution >= 0.6 is 0 Å². The van der Waals surface area contributed by atoms with E-state index in [1.54, 1.807) is 0 Å². The zero-order chi connectivity index (χ0) is 19.6. The van der Waals surface area contributed by atoms with Crippen LogP contribution in [0.3, 0.4) is 0 Å². The molecule has 0 unspecified atom stereocenters. The Morgan fingerprint density at radius 3 is 2.66 bits per heavy atom. The average molecular weight is 394 g/mol. The summed E-state index contributed by atoms with van der Waals surface area (Å²) in [5, 5.41) is 2.10. The van der Waals surface area contributed by atoms with Crippen molar-refractivity contribution < 1.29 is 9.57 Å². The van der Waals surface area contributed by atoms with E-state index in [2.05, 4.69) is 76.5 Å². The van der Waals surface area contributed by atoms with Crippen molar-refractivity contribution in [1.29, 1.82) is 0 Å². The molecule has 0 N–H and O–H groups in total. The summed E-state index contributed by atoms with van der Waals surface area (Å²) in [5.74, 6) is 0.586. The first-order valence-corrected chi connectivity index (χ1v) is 10.8. The van der Waals surface area contributed by atoms with Gasteiger partial charge in [-0.25, -0.2) is 0 Å². The Balaban J connectivity index is 1.42. The third kappa shape index (κ3) is 4.05. The van der Waals surface area contributed by atoms with Gasteiger partial charge in [-0.1, -0.05) is 42.5 Å². The Kier molecular flexibility index (Phi) is 5.55. The van der Waals surface area contributed by atoms with Gasteiger partial charge in [0, 0.05) is 56.9 Å². The number of morpholine rings is 1. The lowest BCUT2D eigenvalue weighted by Crippen LogP contribution is -2.46. The van der Waals surface area contributed by atoms with Crippen LogP contribution in [0.1, 0.15) is 23.6 Å². The van der Waals surface area contributed by atoms with Crippen LogP contribution in [0.4, 0.5) is 5.69 Å². The average Bonchev–Trinajstić information content (AvgIpc) is 3.14. The van der Waals surface area contributed by atoms with Crippen LogP contribution in [0.5, 0.6) is 0 Å². The molecule has 5 rings (SSSR count). The summed E-state index contributed by atoms with van der Waals surface area (Å²) in [7, 11) is 2.10. The molecule has 5 heteroatoms. The van der Waals surface area contributed by atoms with Gasteiger partial charge in [0.1, 0.15) is 0 Å². The molecule has 3 aliphatic heterocycles. The number of rotatable bonds is 4. The van der Waals surface area contributed by atoms with E-state index in [-0.39, 0.29) is 0 Å². The highest BCUT2D eigenvalue weighted by Gasteiger charge is 2.42. The van der Waals surface area contributed by atoms with Gasteiger partial charge in [-0.2, -0.15) is 5.06 Å². The maximum atomic E-state index is 5.89. The van der Waals surface area contributed by atoms with Crippen LogP contribution in [0.2, 0.25) is 0 Å². The highest BCUT2D eigenvalue weighted by Crippen LogP contribution is 2.40. The first-order chi connectivity index (χ1) is 14.3. The van der Waals surface area contributed by atoms with Crippen LogP contribution in [0.25, 0.3) is 0 Å². The fourth-order valence-corrected chi connectivity index (χ4v) is 5.13. The maximum absolute atomic E-state index is 5.89. The Labute approximate surface area is 173 Å². The van der Waals surface area contributed by atoms with Gasteiger partial charge < -0.3 is 9.64 Å². The lowest BCUT2D eigenvalue weighted by atomic mass is 9.85. The van der Waals surface area contributed by atoms with E-state index in [9.17, 15) is 0 Å². The topological polar surface area (TPSA) is 28.2 Å². The van der Waals surface area contributed by atoms with Crippen molar-refractivity contribution >= 4 is 5.69 Å². The van der Waals surface area contributed by atoms with E-state index in [1.807, 2.05) is 0 Å². The van der Waals surface area contributed by atoms with Gasteiger partial charge in [-0.3, -0.25) is 9.74 Å². The van der Waals surface area contributed by atoms with Gasteiger partial charge in [0.25, 0.3) is 0 Å². The summed E-state index contributed by atoms with van der Waals surface area (Å²) in [6, 6.07) is 20.9. The molecule has 3 aliphatic rings. The Morgan fingerprint density at radius 1 is 1.00 bits per heavy atom. The predicted octanol–water partition coefficient (Wildman–Crippen LogP) is 3.33. The summed E-state index contributed by atoms with van der Waals surface area (Å²) in [5.41, 5.74) is 4.12. The van der Waals surface area contributed by atoms with Crippen molar-refractivity contribution in [3.63, 3.8) is 0 Å². The number of piperidine rings is 1. The molecule has 154 valence electrons. The molecule has 0 spiro atoms. The van der Waals surface area contributed by atoms with E-state index < -0.39 is 0 Å².